The third kappa shape index (κ3) is 3.75. The lowest BCUT2D eigenvalue weighted by molar-refractivity contribution is -0.131. The molecule has 1 aromatic carbocycles. The van der Waals surface area contributed by atoms with Crippen LogP contribution in [-0.4, -0.2) is 60.9 Å². The molecule has 3 aliphatic rings. The van der Waals surface area contributed by atoms with E-state index in [-0.39, 0.29) is 5.92 Å². The van der Waals surface area contributed by atoms with Crippen molar-refractivity contribution in [1.82, 2.24) is 9.21 Å². The van der Waals surface area contributed by atoms with E-state index in [4.69, 9.17) is 5.11 Å². The number of piperidine rings is 3. The van der Waals surface area contributed by atoms with E-state index in [0.29, 0.717) is 42.3 Å². The van der Waals surface area contributed by atoms with E-state index in [2.05, 4.69) is 4.90 Å². The Morgan fingerprint density at radius 2 is 1.93 bits per heavy atom. The fraction of sp³-hybridized carbons (Fsp3) is 0.571. The van der Waals surface area contributed by atoms with Crippen molar-refractivity contribution in [2.45, 2.75) is 36.6 Å². The first-order valence-electron chi connectivity index (χ1n) is 10.2. The van der Waals surface area contributed by atoms with Gasteiger partial charge in [0.2, 0.25) is 10.0 Å². The molecule has 0 radical (unpaired) electrons. The highest BCUT2D eigenvalue weighted by Gasteiger charge is 2.49. The molecule has 7 heteroatoms. The van der Waals surface area contributed by atoms with E-state index in [1.165, 1.54) is 6.08 Å². The fourth-order valence-corrected chi connectivity index (χ4v) is 7.04. The second-order valence-corrected chi connectivity index (χ2v) is 10.2. The molecule has 28 heavy (non-hydrogen) atoms. The molecule has 6 nitrogen and oxygen atoms in total. The summed E-state index contributed by atoms with van der Waals surface area (Å²) in [6.07, 6.45) is 6.84. The highest BCUT2D eigenvalue weighted by molar-refractivity contribution is 7.89. The lowest BCUT2D eigenvalue weighted by Gasteiger charge is -2.56. The molecular formula is C21H28N2O4S. The van der Waals surface area contributed by atoms with Crippen LogP contribution in [0, 0.1) is 17.8 Å². The highest BCUT2D eigenvalue weighted by atomic mass is 32.2. The Hall–Kier alpha value is -1.70. The van der Waals surface area contributed by atoms with Gasteiger partial charge in [0.25, 0.3) is 0 Å². The van der Waals surface area contributed by atoms with Crippen LogP contribution >= 0.6 is 0 Å². The van der Waals surface area contributed by atoms with Crippen molar-refractivity contribution < 1.29 is 18.3 Å². The molecule has 0 spiro atoms. The Balaban J connectivity index is 1.60. The predicted octanol–water partition coefficient (Wildman–Crippen LogP) is 2.44. The third-order valence-corrected chi connectivity index (χ3v) is 8.53. The van der Waals surface area contributed by atoms with Gasteiger partial charge >= 0.3 is 5.97 Å². The summed E-state index contributed by atoms with van der Waals surface area (Å²) in [5.74, 6) is 0.0121. The van der Waals surface area contributed by atoms with Crippen LogP contribution in [0.4, 0.5) is 0 Å². The molecule has 4 rings (SSSR count). The summed E-state index contributed by atoms with van der Waals surface area (Å²) in [7, 11) is -3.50. The zero-order valence-corrected chi connectivity index (χ0v) is 16.8. The number of hydrogen-bond donors (Lipinski definition) is 1. The van der Waals surface area contributed by atoms with Crippen molar-refractivity contribution in [3.05, 3.63) is 42.5 Å². The van der Waals surface area contributed by atoms with Crippen LogP contribution in [0.5, 0.6) is 0 Å². The van der Waals surface area contributed by atoms with E-state index in [0.717, 1.165) is 32.4 Å². The second kappa shape index (κ2) is 7.97. The van der Waals surface area contributed by atoms with E-state index in [1.807, 2.05) is 6.07 Å². The summed E-state index contributed by atoms with van der Waals surface area (Å²) in [6.45, 7) is 3.25. The number of hydrogen-bond acceptors (Lipinski definition) is 4. The summed E-state index contributed by atoms with van der Waals surface area (Å²) >= 11 is 0. The number of nitrogens with zero attached hydrogens (tertiary/aromatic N) is 2. The quantitative estimate of drug-likeness (QED) is 0.763. The molecule has 4 atom stereocenters. The molecule has 0 saturated carbocycles. The van der Waals surface area contributed by atoms with Crippen molar-refractivity contribution >= 4 is 16.0 Å². The summed E-state index contributed by atoms with van der Waals surface area (Å²) in [6, 6.07) is 9.12. The van der Waals surface area contributed by atoms with E-state index in [9.17, 15) is 13.2 Å². The Kier molecular flexibility index (Phi) is 5.58. The highest BCUT2D eigenvalue weighted by Crippen LogP contribution is 2.44. The van der Waals surface area contributed by atoms with Gasteiger partial charge < -0.3 is 5.11 Å². The van der Waals surface area contributed by atoms with E-state index >= 15 is 0 Å². The van der Waals surface area contributed by atoms with Crippen LogP contribution in [0.25, 0.3) is 0 Å². The average molecular weight is 405 g/mol. The number of carboxylic acids is 1. The van der Waals surface area contributed by atoms with Gasteiger partial charge in [0, 0.05) is 25.2 Å². The molecule has 0 amide bonds. The Morgan fingerprint density at radius 3 is 2.68 bits per heavy atom. The number of carboxylic acid groups (broad SMARTS) is 1. The maximum Gasteiger partial charge on any atom is 0.327 e. The molecular weight excluding hydrogens is 376 g/mol. The minimum atomic E-state index is -3.50. The van der Waals surface area contributed by atoms with Gasteiger partial charge in [-0.25, -0.2) is 13.2 Å². The molecule has 152 valence electrons. The molecule has 0 bridgehead atoms. The summed E-state index contributed by atoms with van der Waals surface area (Å²) in [5, 5.41) is 8.90. The topological polar surface area (TPSA) is 77.9 Å². The van der Waals surface area contributed by atoms with Gasteiger partial charge in [-0.1, -0.05) is 24.3 Å². The van der Waals surface area contributed by atoms with E-state index < -0.39 is 16.0 Å². The molecule has 1 aromatic rings. The molecule has 3 aliphatic heterocycles. The maximum absolute atomic E-state index is 13.3. The maximum atomic E-state index is 13.3. The van der Waals surface area contributed by atoms with Gasteiger partial charge in [0.15, 0.2) is 0 Å². The Morgan fingerprint density at radius 1 is 1.14 bits per heavy atom. The van der Waals surface area contributed by atoms with E-state index in [1.54, 1.807) is 34.6 Å². The largest absolute Gasteiger partial charge is 0.478 e. The van der Waals surface area contributed by atoms with Gasteiger partial charge in [-0.05, 0) is 68.7 Å². The zero-order chi connectivity index (χ0) is 19.7. The first-order chi connectivity index (χ1) is 13.5. The van der Waals surface area contributed by atoms with Gasteiger partial charge in [-0.3, -0.25) is 4.90 Å². The lowest BCUT2D eigenvalue weighted by atomic mass is 9.68. The van der Waals surface area contributed by atoms with Gasteiger partial charge in [0.05, 0.1) is 4.90 Å². The molecule has 0 aromatic heterocycles. The molecule has 4 unspecified atom stereocenters. The minimum Gasteiger partial charge on any atom is -0.478 e. The number of benzene rings is 1. The first kappa shape index (κ1) is 19.6. The normalized spacial score (nSPS) is 31.6. The lowest BCUT2D eigenvalue weighted by Crippen LogP contribution is -2.63. The van der Waals surface area contributed by atoms with Crippen LogP contribution in [-0.2, 0) is 14.8 Å². The van der Waals surface area contributed by atoms with Gasteiger partial charge in [-0.2, -0.15) is 4.31 Å². The van der Waals surface area contributed by atoms with Crippen LogP contribution in [0.1, 0.15) is 25.7 Å². The summed E-state index contributed by atoms with van der Waals surface area (Å²) in [5.41, 5.74) is 0. The van der Waals surface area contributed by atoms with Crippen molar-refractivity contribution in [2.24, 2.45) is 17.8 Å². The zero-order valence-electron chi connectivity index (χ0n) is 16.0. The average Bonchev–Trinajstić information content (AvgIpc) is 2.70. The Labute approximate surface area is 166 Å². The Bertz CT molecular complexity index is 839. The second-order valence-electron chi connectivity index (χ2n) is 8.25. The molecule has 1 N–H and O–H groups in total. The van der Waals surface area contributed by atoms with Gasteiger partial charge in [-0.15, -0.1) is 0 Å². The molecule has 0 aliphatic carbocycles. The fourth-order valence-electron chi connectivity index (χ4n) is 5.48. The number of rotatable bonds is 5. The van der Waals surface area contributed by atoms with Crippen LogP contribution < -0.4 is 0 Å². The van der Waals surface area contributed by atoms with Crippen LogP contribution in [0.3, 0.4) is 0 Å². The molecule has 3 saturated heterocycles. The number of carbonyl (C=O) groups is 1. The molecule has 3 fully saturated rings. The predicted molar refractivity (Wildman–Crippen MR) is 106 cm³/mol. The standard InChI is InChI=1S/C21H28N2O4S/c24-20(25)10-4-6-16-11-13-22-12-5-7-17-14-23(15-19(16)21(17)22)28(26,27)18-8-2-1-3-9-18/h1-4,8-10,16-17,19,21H,5-7,11-15H2,(H,24,25)/b10-4+. The number of allylic oxidation sites excluding steroid dienone is 1. The van der Waals surface area contributed by atoms with Crippen LogP contribution in [0.15, 0.2) is 47.4 Å². The van der Waals surface area contributed by atoms with Crippen molar-refractivity contribution in [3.63, 3.8) is 0 Å². The first-order valence-corrected chi connectivity index (χ1v) is 11.6. The van der Waals surface area contributed by atoms with Crippen LogP contribution in [0.2, 0.25) is 0 Å². The van der Waals surface area contributed by atoms with Crippen molar-refractivity contribution in [3.8, 4) is 0 Å². The monoisotopic (exact) mass is 404 g/mol. The summed E-state index contributed by atoms with van der Waals surface area (Å²) < 4.78 is 28.2. The van der Waals surface area contributed by atoms with Crippen molar-refractivity contribution in [1.29, 1.82) is 0 Å². The smallest absolute Gasteiger partial charge is 0.327 e. The third-order valence-electron chi connectivity index (χ3n) is 6.69. The molecule has 3 heterocycles. The number of sulfonamides is 1. The minimum absolute atomic E-state index is 0.254. The van der Waals surface area contributed by atoms with Crippen molar-refractivity contribution in [2.75, 3.05) is 26.2 Å². The van der Waals surface area contributed by atoms with Gasteiger partial charge in [0.1, 0.15) is 0 Å². The SMILES string of the molecule is O=C(O)/C=C/CC1CCN2CCCC3CN(S(=O)(=O)c4ccccc4)CC1C32. The number of aliphatic carboxylic acids is 1. The summed E-state index contributed by atoms with van der Waals surface area (Å²) in [4.78, 5) is 13.8.